The first-order valence-corrected chi connectivity index (χ1v) is 6.50. The highest BCUT2D eigenvalue weighted by Gasteiger charge is 2.49. The van der Waals surface area contributed by atoms with E-state index in [0.29, 0.717) is 12.0 Å². The van der Waals surface area contributed by atoms with Gasteiger partial charge in [0.2, 0.25) is 0 Å². The molecule has 0 aromatic heterocycles. The van der Waals surface area contributed by atoms with Crippen LogP contribution < -0.4 is 0 Å². The van der Waals surface area contributed by atoms with Gasteiger partial charge in [0.25, 0.3) is 0 Å². The Hall–Kier alpha value is -0.0800. The van der Waals surface area contributed by atoms with Gasteiger partial charge in [0, 0.05) is 25.2 Å². The van der Waals surface area contributed by atoms with Gasteiger partial charge >= 0.3 is 0 Å². The summed E-state index contributed by atoms with van der Waals surface area (Å²) in [5, 5.41) is 9.13. The van der Waals surface area contributed by atoms with Crippen LogP contribution in [0.15, 0.2) is 0 Å². The Morgan fingerprint density at radius 2 is 1.87 bits per heavy atom. The molecule has 1 spiro atoms. The maximum Gasteiger partial charge on any atom is 0.0448 e. The fourth-order valence-corrected chi connectivity index (χ4v) is 3.39. The monoisotopic (exact) mass is 211 g/mol. The van der Waals surface area contributed by atoms with Gasteiger partial charge < -0.3 is 5.11 Å². The van der Waals surface area contributed by atoms with E-state index in [2.05, 4.69) is 18.7 Å². The lowest BCUT2D eigenvalue weighted by Gasteiger charge is -2.56. The normalized spacial score (nSPS) is 29.0. The summed E-state index contributed by atoms with van der Waals surface area (Å²) in [6.07, 6.45) is 7.86. The van der Waals surface area contributed by atoms with Crippen molar-refractivity contribution >= 4 is 0 Å². The summed E-state index contributed by atoms with van der Waals surface area (Å²) in [4.78, 5) is 2.61. The molecule has 0 aromatic carbocycles. The number of hydrogen-bond donors (Lipinski definition) is 1. The second-order valence-corrected chi connectivity index (χ2v) is 5.89. The predicted octanol–water partition coefficient (Wildman–Crippen LogP) is 2.41. The van der Waals surface area contributed by atoms with E-state index in [-0.39, 0.29) is 5.54 Å². The Kier molecular flexibility index (Phi) is 3.09. The average molecular weight is 211 g/mol. The fourth-order valence-electron chi connectivity index (χ4n) is 3.39. The van der Waals surface area contributed by atoms with Crippen LogP contribution in [0.2, 0.25) is 0 Å². The van der Waals surface area contributed by atoms with Crippen LogP contribution in [0, 0.1) is 5.41 Å². The fraction of sp³-hybridized carbons (Fsp3) is 1.00. The first-order chi connectivity index (χ1) is 7.14. The summed E-state index contributed by atoms with van der Waals surface area (Å²) in [7, 11) is 0. The molecule has 15 heavy (non-hydrogen) atoms. The van der Waals surface area contributed by atoms with Gasteiger partial charge in [0.05, 0.1) is 0 Å². The number of hydrogen-bond acceptors (Lipinski definition) is 2. The number of aliphatic hydroxyl groups is 1. The molecule has 2 fully saturated rings. The van der Waals surface area contributed by atoms with E-state index < -0.39 is 0 Å². The van der Waals surface area contributed by atoms with Gasteiger partial charge in [0.15, 0.2) is 0 Å². The van der Waals surface area contributed by atoms with E-state index in [1.807, 2.05) is 0 Å². The molecule has 1 unspecified atom stereocenters. The largest absolute Gasteiger partial charge is 0.396 e. The van der Waals surface area contributed by atoms with Crippen molar-refractivity contribution in [2.45, 2.75) is 57.9 Å². The van der Waals surface area contributed by atoms with E-state index in [9.17, 15) is 0 Å². The quantitative estimate of drug-likeness (QED) is 0.772. The van der Waals surface area contributed by atoms with E-state index in [4.69, 9.17) is 5.11 Å². The lowest BCUT2D eigenvalue weighted by Crippen LogP contribution is -2.63. The average Bonchev–Trinajstić information content (AvgIpc) is 2.64. The molecule has 0 bridgehead atoms. The van der Waals surface area contributed by atoms with Crippen LogP contribution in [0.25, 0.3) is 0 Å². The molecule has 1 aliphatic heterocycles. The molecular formula is C13H25NO. The van der Waals surface area contributed by atoms with Crippen molar-refractivity contribution in [1.29, 1.82) is 0 Å². The molecule has 2 rings (SSSR count). The highest BCUT2D eigenvalue weighted by Crippen LogP contribution is 2.48. The number of rotatable bonds is 4. The molecule has 1 aliphatic carbocycles. The minimum Gasteiger partial charge on any atom is -0.396 e. The molecule has 2 heteroatoms. The van der Waals surface area contributed by atoms with Gasteiger partial charge in [-0.05, 0) is 38.0 Å². The molecular weight excluding hydrogens is 186 g/mol. The molecule has 2 aliphatic rings. The Bertz CT molecular complexity index is 215. The van der Waals surface area contributed by atoms with E-state index in [0.717, 1.165) is 12.8 Å². The van der Waals surface area contributed by atoms with Gasteiger partial charge in [-0.1, -0.05) is 19.8 Å². The zero-order chi connectivity index (χ0) is 10.9. The zero-order valence-electron chi connectivity index (χ0n) is 10.3. The molecule has 2 nitrogen and oxygen atoms in total. The van der Waals surface area contributed by atoms with Crippen molar-refractivity contribution in [3.8, 4) is 0 Å². The van der Waals surface area contributed by atoms with Gasteiger partial charge in [-0.2, -0.15) is 0 Å². The topological polar surface area (TPSA) is 23.5 Å². The standard InChI is InChI=1S/C13H25NO/c1-3-12(2,8-9-15)14-10-13(11-14)6-4-5-7-13/h15H,3-11H2,1-2H3. The Morgan fingerprint density at radius 1 is 1.27 bits per heavy atom. The van der Waals surface area contributed by atoms with E-state index in [1.54, 1.807) is 0 Å². The van der Waals surface area contributed by atoms with Crippen molar-refractivity contribution in [3.05, 3.63) is 0 Å². The van der Waals surface area contributed by atoms with Crippen molar-refractivity contribution < 1.29 is 5.11 Å². The molecule has 1 saturated heterocycles. The van der Waals surface area contributed by atoms with Crippen LogP contribution in [-0.2, 0) is 0 Å². The zero-order valence-corrected chi connectivity index (χ0v) is 10.3. The summed E-state index contributed by atoms with van der Waals surface area (Å²) in [6.45, 7) is 7.46. The molecule has 0 amide bonds. The summed E-state index contributed by atoms with van der Waals surface area (Å²) < 4.78 is 0. The number of aliphatic hydroxyl groups excluding tert-OH is 1. The van der Waals surface area contributed by atoms with Crippen LogP contribution in [-0.4, -0.2) is 35.2 Å². The summed E-state index contributed by atoms with van der Waals surface area (Å²) in [6, 6.07) is 0. The smallest absolute Gasteiger partial charge is 0.0448 e. The molecule has 1 saturated carbocycles. The molecule has 1 N–H and O–H groups in total. The minimum absolute atomic E-state index is 0.253. The lowest BCUT2D eigenvalue weighted by atomic mass is 9.74. The third-order valence-corrected chi connectivity index (χ3v) is 4.89. The first-order valence-electron chi connectivity index (χ1n) is 6.50. The summed E-state index contributed by atoms with van der Waals surface area (Å²) in [5.41, 5.74) is 0.939. The Morgan fingerprint density at radius 3 is 2.33 bits per heavy atom. The lowest BCUT2D eigenvalue weighted by molar-refractivity contribution is -0.0781. The highest BCUT2D eigenvalue weighted by atomic mass is 16.3. The molecule has 0 aromatic rings. The third-order valence-electron chi connectivity index (χ3n) is 4.89. The summed E-state index contributed by atoms with van der Waals surface area (Å²) >= 11 is 0. The summed E-state index contributed by atoms with van der Waals surface area (Å²) in [5.74, 6) is 0. The van der Waals surface area contributed by atoms with Crippen molar-refractivity contribution in [1.82, 2.24) is 4.90 Å². The second-order valence-electron chi connectivity index (χ2n) is 5.89. The second kappa shape index (κ2) is 4.06. The molecule has 88 valence electrons. The maximum absolute atomic E-state index is 9.13. The Balaban J connectivity index is 1.91. The Labute approximate surface area is 93.7 Å². The highest BCUT2D eigenvalue weighted by molar-refractivity contribution is 5.03. The maximum atomic E-state index is 9.13. The van der Waals surface area contributed by atoms with Crippen LogP contribution in [0.1, 0.15) is 52.4 Å². The molecule has 1 heterocycles. The van der Waals surface area contributed by atoms with Crippen LogP contribution in [0.4, 0.5) is 0 Å². The number of likely N-dealkylation sites (tertiary alicyclic amines) is 1. The van der Waals surface area contributed by atoms with Gasteiger partial charge in [-0.25, -0.2) is 0 Å². The van der Waals surface area contributed by atoms with Gasteiger partial charge in [-0.15, -0.1) is 0 Å². The molecule has 0 radical (unpaired) electrons. The van der Waals surface area contributed by atoms with E-state index in [1.165, 1.54) is 38.8 Å². The number of nitrogens with zero attached hydrogens (tertiary/aromatic N) is 1. The van der Waals surface area contributed by atoms with Crippen molar-refractivity contribution in [2.75, 3.05) is 19.7 Å². The van der Waals surface area contributed by atoms with Crippen molar-refractivity contribution in [2.24, 2.45) is 5.41 Å². The first kappa shape index (κ1) is 11.4. The van der Waals surface area contributed by atoms with Crippen LogP contribution in [0.3, 0.4) is 0 Å². The predicted molar refractivity (Wildman–Crippen MR) is 62.9 cm³/mol. The SMILES string of the molecule is CCC(C)(CCO)N1CC2(CCCC2)C1. The van der Waals surface area contributed by atoms with E-state index >= 15 is 0 Å². The van der Waals surface area contributed by atoms with Crippen LogP contribution >= 0.6 is 0 Å². The van der Waals surface area contributed by atoms with Crippen molar-refractivity contribution in [3.63, 3.8) is 0 Å². The minimum atomic E-state index is 0.253. The van der Waals surface area contributed by atoms with Crippen LogP contribution in [0.5, 0.6) is 0 Å². The van der Waals surface area contributed by atoms with Gasteiger partial charge in [-0.3, -0.25) is 4.90 Å². The molecule has 1 atom stereocenters. The van der Waals surface area contributed by atoms with Gasteiger partial charge in [0.1, 0.15) is 0 Å². The third kappa shape index (κ3) is 1.94.